The number of phenolic OH excluding ortho intramolecular Hbond substituents is 1. The van der Waals surface area contributed by atoms with Gasteiger partial charge in [-0.25, -0.2) is 15.5 Å². The third-order valence-electron chi connectivity index (χ3n) is 5.46. The van der Waals surface area contributed by atoms with Crippen molar-refractivity contribution in [3.05, 3.63) is 47.5 Å². The highest BCUT2D eigenvalue weighted by Crippen LogP contribution is 2.47. The number of phenols is 1. The normalized spacial score (nSPS) is 11.7. The molecule has 3 aromatic carbocycles. The predicted molar refractivity (Wildman–Crippen MR) is 165 cm³/mol. The number of hydrogen-bond donors (Lipinski definition) is 5. The summed E-state index contributed by atoms with van der Waals surface area (Å²) in [5, 5.41) is 45.5. The molecule has 0 aliphatic heterocycles. The minimum Gasteiger partial charge on any atom is -0.505 e. The zero-order valence-corrected chi connectivity index (χ0v) is 27.4. The molecular weight excluding hydrogens is 732 g/mol. The zero-order valence-electron chi connectivity index (χ0n) is 23.4. The fourth-order valence-electron chi connectivity index (χ4n) is 3.72. The van der Waals surface area contributed by atoms with Gasteiger partial charge >= 0.3 is 5.97 Å². The van der Waals surface area contributed by atoms with Crippen LogP contribution in [0, 0.1) is 6.92 Å². The van der Waals surface area contributed by atoms with Crippen molar-refractivity contribution in [2.45, 2.75) is 21.6 Å². The summed E-state index contributed by atoms with van der Waals surface area (Å²) in [6.45, 7) is 1.53. The van der Waals surface area contributed by atoms with Crippen molar-refractivity contribution in [1.29, 1.82) is 0 Å². The van der Waals surface area contributed by atoms with Crippen LogP contribution in [0.3, 0.4) is 0 Å². The van der Waals surface area contributed by atoms with Crippen molar-refractivity contribution in [3.8, 4) is 11.5 Å². The van der Waals surface area contributed by atoms with Gasteiger partial charge in [0.1, 0.15) is 33.6 Å². The van der Waals surface area contributed by atoms with Gasteiger partial charge in [0.2, 0.25) is 11.2 Å². The summed E-state index contributed by atoms with van der Waals surface area (Å²) in [4.78, 5) is 23.1. The van der Waals surface area contributed by atoms with Crippen molar-refractivity contribution in [2.75, 3.05) is 18.2 Å². The maximum atomic E-state index is 12.6. The number of aryl methyl sites for hydroxylation is 1. The summed E-state index contributed by atoms with van der Waals surface area (Å²) >= 11 is 7.40. The molecule has 5 N–H and O–H groups in total. The van der Waals surface area contributed by atoms with Gasteiger partial charge in [0.05, 0.1) is 46.7 Å². The summed E-state index contributed by atoms with van der Waals surface area (Å²) in [6, 6.07) is 8.18. The van der Waals surface area contributed by atoms with E-state index < -0.39 is 26.7 Å². The second-order valence-electron chi connectivity index (χ2n) is 8.39. The molecule has 0 saturated carbocycles. The maximum absolute atomic E-state index is 12.6. The number of halogens is 1. The average Bonchev–Trinajstić information content (AvgIpc) is 3.01. The number of carbonyl (C=O) groups excluding carboxylic acids is 1. The lowest BCUT2D eigenvalue weighted by Gasteiger charge is -2.15. The molecule has 1 aromatic heterocycles. The van der Waals surface area contributed by atoms with Crippen LogP contribution < -0.4 is 10.1 Å². The fraction of sp³-hybridized carbons (Fsp3) is 0.130. The lowest BCUT2D eigenvalue weighted by atomic mass is 10.1. The molecular formula is C23H19ClN6O13S4. The summed E-state index contributed by atoms with van der Waals surface area (Å²) in [5.74, 6) is -1.32. The zero-order chi connectivity index (χ0) is 34.1. The maximum Gasteiger partial charge on any atom is 0.330 e. The van der Waals surface area contributed by atoms with Crippen LogP contribution in [0.25, 0.3) is 10.8 Å². The van der Waals surface area contributed by atoms with Gasteiger partial charge in [-0.1, -0.05) is 10.1 Å². The van der Waals surface area contributed by atoms with E-state index in [2.05, 4.69) is 49.2 Å². The van der Waals surface area contributed by atoms with E-state index in [4.69, 9.17) is 31.0 Å². The second-order valence-corrected chi connectivity index (χ2v) is 12.3. The second kappa shape index (κ2) is 16.5. The molecule has 4 rings (SSSR count). The molecule has 4 aromatic rings. The Morgan fingerprint density at radius 3 is 2.47 bits per heavy atom. The lowest BCUT2D eigenvalue weighted by molar-refractivity contribution is -0.432. The number of carbonyl (C=O) groups is 1. The Morgan fingerprint density at radius 2 is 1.79 bits per heavy atom. The first kappa shape index (κ1) is 36.2. The van der Waals surface area contributed by atoms with Gasteiger partial charge < -0.3 is 19.3 Å². The van der Waals surface area contributed by atoms with Crippen LogP contribution in [-0.4, -0.2) is 62.4 Å². The van der Waals surface area contributed by atoms with Crippen molar-refractivity contribution in [2.24, 2.45) is 10.2 Å². The lowest BCUT2D eigenvalue weighted by Crippen LogP contribution is -2.07. The van der Waals surface area contributed by atoms with Gasteiger partial charge in [0.15, 0.2) is 5.75 Å². The van der Waals surface area contributed by atoms with Crippen LogP contribution in [0.5, 0.6) is 11.5 Å². The van der Waals surface area contributed by atoms with E-state index in [1.807, 2.05) is 0 Å². The monoisotopic (exact) mass is 750 g/mol. The van der Waals surface area contributed by atoms with Gasteiger partial charge in [-0.15, -0.1) is 18.9 Å². The number of anilines is 2. The summed E-state index contributed by atoms with van der Waals surface area (Å²) < 4.78 is 54.4. The number of aromatic nitrogens is 3. The molecule has 1 heterocycles. The first-order valence-electron chi connectivity index (χ1n) is 12.1. The van der Waals surface area contributed by atoms with Crippen molar-refractivity contribution in [3.63, 3.8) is 0 Å². The van der Waals surface area contributed by atoms with E-state index in [0.717, 1.165) is 0 Å². The van der Waals surface area contributed by atoms with E-state index in [-0.39, 0.29) is 61.3 Å². The molecule has 0 atom stereocenters. The average molecular weight is 751 g/mol. The number of aromatic hydroxyl groups is 1. The largest absolute Gasteiger partial charge is 0.505 e. The van der Waals surface area contributed by atoms with E-state index >= 15 is 0 Å². The van der Waals surface area contributed by atoms with Crippen LogP contribution >= 0.6 is 47.7 Å². The van der Waals surface area contributed by atoms with Gasteiger partial charge in [-0.2, -0.15) is 18.4 Å². The molecule has 0 amide bonds. The molecule has 47 heavy (non-hydrogen) atoms. The molecule has 0 radical (unpaired) electrons. The van der Waals surface area contributed by atoms with Crippen LogP contribution in [0.2, 0.25) is 5.28 Å². The number of methoxy groups -OCH3 is 1. The molecule has 19 nitrogen and oxygen atoms in total. The Kier molecular flexibility index (Phi) is 12.7. The molecule has 0 aliphatic rings. The molecule has 0 saturated heterocycles. The van der Waals surface area contributed by atoms with Crippen molar-refractivity contribution >= 4 is 97.6 Å². The topological polar surface area (TPSA) is 263 Å². The molecule has 0 spiro atoms. The van der Waals surface area contributed by atoms with Gasteiger partial charge in [-0.3, -0.25) is 9.35 Å². The van der Waals surface area contributed by atoms with Gasteiger partial charge in [0, 0.05) is 22.8 Å². The fourth-order valence-corrected chi connectivity index (χ4v) is 6.10. The first-order chi connectivity index (χ1) is 22.4. The Labute approximate surface area is 281 Å². The highest BCUT2D eigenvalue weighted by molar-refractivity contribution is 7.96. The molecule has 0 fully saturated rings. The van der Waals surface area contributed by atoms with Crippen LogP contribution in [0.1, 0.15) is 5.82 Å². The predicted octanol–water partition coefficient (Wildman–Crippen LogP) is 6.15. The quantitative estimate of drug-likeness (QED) is 0.0227. The molecule has 250 valence electrons. The summed E-state index contributed by atoms with van der Waals surface area (Å²) in [7, 11) is -3.65. The van der Waals surface area contributed by atoms with Crippen molar-refractivity contribution in [1.82, 2.24) is 15.0 Å². The standard InChI is InChI=1S/C23H19ClN6O13S4/c1-10-25-22(24)28-23(26-10)27-15-6-4-12-13(21(15)47(35,36)37)8-17(46-43-41-34)19(20(12)32)30-29-14-5-3-11(7-16(14)38-2)45-39-18(31)9-44-42-40-33/h3-8,32-34H,9H2,1-2H3,(H,35,36,37)(H,25,26,27,28). The summed E-state index contributed by atoms with van der Waals surface area (Å²) in [5.41, 5.74) is -0.306. The van der Waals surface area contributed by atoms with Crippen LogP contribution in [0.4, 0.5) is 23.0 Å². The minimum atomic E-state index is -4.99. The number of benzene rings is 3. The van der Waals surface area contributed by atoms with Crippen LogP contribution in [-0.2, 0) is 37.8 Å². The number of nitrogens with one attached hydrogen (secondary N) is 1. The molecule has 0 unspecified atom stereocenters. The number of fused-ring (bicyclic) bond motifs is 1. The highest BCUT2D eigenvalue weighted by atomic mass is 35.5. The molecule has 0 bridgehead atoms. The minimum absolute atomic E-state index is 0.0918. The number of ether oxygens (including phenoxy) is 1. The van der Waals surface area contributed by atoms with E-state index in [1.165, 1.54) is 50.4 Å². The van der Waals surface area contributed by atoms with Gasteiger partial charge in [0.25, 0.3) is 10.1 Å². The number of azo groups is 1. The van der Waals surface area contributed by atoms with Gasteiger partial charge in [-0.05, 0) is 54.9 Å². The Balaban J connectivity index is 1.73. The Bertz CT molecular complexity index is 1900. The van der Waals surface area contributed by atoms with E-state index in [9.17, 15) is 22.9 Å². The third-order valence-corrected chi connectivity index (χ3v) is 8.43. The smallest absolute Gasteiger partial charge is 0.330 e. The number of hydrogen-bond acceptors (Lipinski definition) is 21. The number of rotatable bonds is 15. The Morgan fingerprint density at radius 1 is 1.02 bits per heavy atom. The highest BCUT2D eigenvalue weighted by Gasteiger charge is 2.25. The Hall–Kier alpha value is -3.59. The van der Waals surface area contributed by atoms with Crippen molar-refractivity contribution < 1.29 is 61.1 Å². The SMILES string of the molecule is COc1cc(SOC(=O)CSOOO)ccc1N=Nc1c(SOOO)cc2c(S(=O)(=O)O)c(Nc3nc(C)nc(Cl)n3)ccc2c1O. The molecule has 24 heteroatoms. The summed E-state index contributed by atoms with van der Waals surface area (Å²) in [6.07, 6.45) is 0. The molecule has 0 aliphatic carbocycles. The van der Waals surface area contributed by atoms with E-state index in [1.54, 1.807) is 0 Å². The van der Waals surface area contributed by atoms with E-state index in [0.29, 0.717) is 41.0 Å². The third kappa shape index (κ3) is 9.49. The first-order valence-corrected chi connectivity index (χ1v) is 16.3. The number of nitrogens with zero attached hydrogens (tertiary/aromatic N) is 5. The van der Waals surface area contributed by atoms with Crippen LogP contribution in [0.15, 0.2) is 61.3 Å².